The lowest BCUT2D eigenvalue weighted by molar-refractivity contribution is 0.0959. The summed E-state index contributed by atoms with van der Waals surface area (Å²) >= 11 is 1.40. The molecule has 18 heavy (non-hydrogen) atoms. The Morgan fingerprint density at radius 3 is 2.56 bits per heavy atom. The van der Waals surface area contributed by atoms with Gasteiger partial charge in [0.25, 0.3) is 5.91 Å². The van der Waals surface area contributed by atoms with Gasteiger partial charge < -0.3 is 0 Å². The quantitative estimate of drug-likeness (QED) is 0.666. The third-order valence-corrected chi connectivity index (χ3v) is 3.41. The van der Waals surface area contributed by atoms with Crippen LogP contribution in [-0.2, 0) is 0 Å². The van der Waals surface area contributed by atoms with Gasteiger partial charge in [0.05, 0.1) is 10.6 Å². The number of nitrogens with zero attached hydrogens (tertiary/aromatic N) is 1. The molecular formula is C14H14N2OS. The van der Waals surface area contributed by atoms with Crippen molar-refractivity contribution in [2.75, 3.05) is 0 Å². The molecule has 0 radical (unpaired) electrons. The zero-order valence-electron chi connectivity index (χ0n) is 10.3. The van der Waals surface area contributed by atoms with Crippen LogP contribution < -0.4 is 5.43 Å². The van der Waals surface area contributed by atoms with Crippen molar-refractivity contribution >= 4 is 23.0 Å². The summed E-state index contributed by atoms with van der Waals surface area (Å²) in [6.45, 7) is 3.91. The van der Waals surface area contributed by atoms with Gasteiger partial charge in [-0.05, 0) is 30.9 Å². The fourth-order valence-corrected chi connectivity index (χ4v) is 2.07. The van der Waals surface area contributed by atoms with Crippen LogP contribution in [0.25, 0.3) is 0 Å². The van der Waals surface area contributed by atoms with Gasteiger partial charge in [-0.2, -0.15) is 5.10 Å². The van der Waals surface area contributed by atoms with Crippen LogP contribution in [0, 0.1) is 6.92 Å². The average Bonchev–Trinajstić information content (AvgIpc) is 2.90. The largest absolute Gasteiger partial charge is 0.281 e. The highest BCUT2D eigenvalue weighted by Crippen LogP contribution is 2.08. The van der Waals surface area contributed by atoms with Crippen LogP contribution in [0.3, 0.4) is 0 Å². The zero-order chi connectivity index (χ0) is 13.0. The molecular weight excluding hydrogens is 244 g/mol. The first-order valence-corrected chi connectivity index (χ1v) is 6.50. The Balaban J connectivity index is 2.05. The van der Waals surface area contributed by atoms with Crippen molar-refractivity contribution in [1.82, 2.24) is 5.43 Å². The number of rotatable bonds is 3. The van der Waals surface area contributed by atoms with Crippen LogP contribution in [-0.4, -0.2) is 11.6 Å². The number of aryl methyl sites for hydroxylation is 1. The van der Waals surface area contributed by atoms with Crippen molar-refractivity contribution in [3.05, 3.63) is 57.8 Å². The van der Waals surface area contributed by atoms with E-state index in [1.165, 1.54) is 16.9 Å². The number of benzene rings is 1. The van der Waals surface area contributed by atoms with E-state index in [4.69, 9.17) is 0 Å². The highest BCUT2D eigenvalue weighted by molar-refractivity contribution is 7.12. The molecule has 0 bridgehead atoms. The van der Waals surface area contributed by atoms with Gasteiger partial charge in [-0.3, -0.25) is 4.79 Å². The highest BCUT2D eigenvalue weighted by atomic mass is 32.1. The Kier molecular flexibility index (Phi) is 3.89. The normalized spacial score (nSPS) is 11.3. The third-order valence-electron chi connectivity index (χ3n) is 2.54. The fourth-order valence-electron chi connectivity index (χ4n) is 1.46. The molecule has 0 unspecified atom stereocenters. The SMILES string of the molecule is C/C(=N\NC(=O)c1cccs1)c1ccc(C)cc1. The molecule has 0 fully saturated rings. The van der Waals surface area contributed by atoms with Crippen LogP contribution >= 0.6 is 11.3 Å². The number of thiophene rings is 1. The molecule has 2 aromatic rings. The summed E-state index contributed by atoms with van der Waals surface area (Å²) in [5.41, 5.74) is 5.56. The van der Waals surface area contributed by atoms with Crippen molar-refractivity contribution in [3.63, 3.8) is 0 Å². The number of carbonyl (C=O) groups is 1. The van der Waals surface area contributed by atoms with Gasteiger partial charge in [0.2, 0.25) is 0 Å². The molecule has 0 spiro atoms. The number of carbonyl (C=O) groups excluding carboxylic acids is 1. The van der Waals surface area contributed by atoms with Crippen molar-refractivity contribution in [1.29, 1.82) is 0 Å². The molecule has 1 heterocycles. The molecule has 0 aliphatic carbocycles. The molecule has 0 aliphatic heterocycles. The van der Waals surface area contributed by atoms with Crippen molar-refractivity contribution in [3.8, 4) is 0 Å². The summed E-state index contributed by atoms with van der Waals surface area (Å²) in [5, 5.41) is 5.97. The Morgan fingerprint density at radius 2 is 1.94 bits per heavy atom. The standard InChI is InChI=1S/C14H14N2OS/c1-10-5-7-12(8-6-10)11(2)15-16-14(17)13-4-3-9-18-13/h3-9H,1-2H3,(H,16,17)/b15-11+. The maximum absolute atomic E-state index is 11.7. The Morgan fingerprint density at radius 1 is 1.22 bits per heavy atom. The van der Waals surface area contributed by atoms with Crippen molar-refractivity contribution in [2.45, 2.75) is 13.8 Å². The molecule has 3 nitrogen and oxygen atoms in total. The van der Waals surface area contributed by atoms with E-state index in [1.54, 1.807) is 6.07 Å². The molecule has 0 atom stereocenters. The van der Waals surface area contributed by atoms with Gasteiger partial charge in [0, 0.05) is 0 Å². The van der Waals surface area contributed by atoms with E-state index in [-0.39, 0.29) is 5.91 Å². The fraction of sp³-hybridized carbons (Fsp3) is 0.143. The second-order valence-electron chi connectivity index (χ2n) is 3.98. The number of nitrogens with one attached hydrogen (secondary N) is 1. The van der Waals surface area contributed by atoms with Gasteiger partial charge in [-0.1, -0.05) is 35.9 Å². The van der Waals surface area contributed by atoms with Crippen LogP contribution in [0.5, 0.6) is 0 Å². The number of hydrazone groups is 1. The predicted molar refractivity (Wildman–Crippen MR) is 75.2 cm³/mol. The Hall–Kier alpha value is -1.94. The van der Waals surface area contributed by atoms with Crippen LogP contribution in [0.4, 0.5) is 0 Å². The maximum atomic E-state index is 11.7. The lowest BCUT2D eigenvalue weighted by atomic mass is 10.1. The maximum Gasteiger partial charge on any atom is 0.281 e. The summed E-state index contributed by atoms with van der Waals surface area (Å²) in [4.78, 5) is 12.4. The summed E-state index contributed by atoms with van der Waals surface area (Å²) in [7, 11) is 0. The molecule has 1 aromatic heterocycles. The lowest BCUT2D eigenvalue weighted by Crippen LogP contribution is -2.18. The van der Waals surface area contributed by atoms with E-state index >= 15 is 0 Å². The minimum atomic E-state index is -0.170. The van der Waals surface area contributed by atoms with E-state index in [0.29, 0.717) is 4.88 Å². The van der Waals surface area contributed by atoms with Gasteiger partial charge >= 0.3 is 0 Å². The molecule has 0 saturated heterocycles. The van der Waals surface area contributed by atoms with Gasteiger partial charge in [0.1, 0.15) is 0 Å². The topological polar surface area (TPSA) is 41.5 Å². The molecule has 1 aromatic carbocycles. The van der Waals surface area contributed by atoms with E-state index in [1.807, 2.05) is 49.6 Å². The summed E-state index contributed by atoms with van der Waals surface area (Å²) in [5.74, 6) is -0.170. The zero-order valence-corrected chi connectivity index (χ0v) is 11.1. The summed E-state index contributed by atoms with van der Waals surface area (Å²) in [6, 6.07) is 11.6. The van der Waals surface area contributed by atoms with E-state index in [0.717, 1.165) is 11.3 Å². The van der Waals surface area contributed by atoms with Crippen molar-refractivity contribution < 1.29 is 4.79 Å². The minimum Gasteiger partial charge on any atom is -0.266 e. The second kappa shape index (κ2) is 5.60. The van der Waals surface area contributed by atoms with Gasteiger partial charge in [-0.15, -0.1) is 11.3 Å². The van der Waals surface area contributed by atoms with E-state index < -0.39 is 0 Å². The van der Waals surface area contributed by atoms with Crippen LogP contribution in [0.15, 0.2) is 46.9 Å². The number of amides is 1. The third kappa shape index (κ3) is 3.05. The first-order valence-electron chi connectivity index (χ1n) is 5.62. The van der Waals surface area contributed by atoms with E-state index in [9.17, 15) is 4.79 Å². The van der Waals surface area contributed by atoms with Crippen LogP contribution in [0.1, 0.15) is 27.7 Å². The highest BCUT2D eigenvalue weighted by Gasteiger charge is 2.05. The summed E-state index contributed by atoms with van der Waals surface area (Å²) < 4.78 is 0. The lowest BCUT2D eigenvalue weighted by Gasteiger charge is -2.02. The molecule has 1 amide bonds. The molecule has 0 aliphatic rings. The molecule has 4 heteroatoms. The number of hydrogen-bond donors (Lipinski definition) is 1. The predicted octanol–water partition coefficient (Wildman–Crippen LogP) is 3.21. The molecule has 92 valence electrons. The first-order chi connectivity index (χ1) is 8.66. The second-order valence-corrected chi connectivity index (χ2v) is 4.93. The molecule has 1 N–H and O–H groups in total. The van der Waals surface area contributed by atoms with Crippen LogP contribution in [0.2, 0.25) is 0 Å². The van der Waals surface area contributed by atoms with Crippen molar-refractivity contribution in [2.24, 2.45) is 5.10 Å². The number of hydrogen-bond acceptors (Lipinski definition) is 3. The monoisotopic (exact) mass is 258 g/mol. The first kappa shape index (κ1) is 12.5. The summed E-state index contributed by atoms with van der Waals surface area (Å²) in [6.07, 6.45) is 0. The molecule has 2 rings (SSSR count). The average molecular weight is 258 g/mol. The minimum absolute atomic E-state index is 0.170. The Bertz CT molecular complexity index is 556. The smallest absolute Gasteiger partial charge is 0.266 e. The Labute approximate surface area is 110 Å². The van der Waals surface area contributed by atoms with Gasteiger partial charge in [-0.25, -0.2) is 5.43 Å². The van der Waals surface area contributed by atoms with Gasteiger partial charge in [0.15, 0.2) is 0 Å². The van der Waals surface area contributed by atoms with E-state index in [2.05, 4.69) is 10.5 Å². The molecule has 0 saturated carbocycles.